The second kappa shape index (κ2) is 4.74. The summed E-state index contributed by atoms with van der Waals surface area (Å²) < 4.78 is 6.29. The first-order valence-corrected chi connectivity index (χ1v) is 8.56. The molecule has 21 heavy (non-hydrogen) atoms. The van der Waals surface area contributed by atoms with E-state index in [0.29, 0.717) is 17.1 Å². The molecule has 0 amide bonds. The lowest BCUT2D eigenvalue weighted by Gasteiger charge is -2.54. The Morgan fingerprint density at radius 2 is 2.05 bits per heavy atom. The largest absolute Gasteiger partial charge is 0.508 e. The third-order valence-corrected chi connectivity index (χ3v) is 6.47. The molecule has 1 spiro atoms. The van der Waals surface area contributed by atoms with E-state index in [1.54, 1.807) is 0 Å². The number of phenolic OH excluding ortho intramolecular Hbond substituents is 1. The molecule has 0 bridgehead atoms. The van der Waals surface area contributed by atoms with Crippen LogP contribution in [0.1, 0.15) is 68.9 Å². The van der Waals surface area contributed by atoms with Crippen LogP contribution in [0.25, 0.3) is 0 Å². The van der Waals surface area contributed by atoms with Gasteiger partial charge in [-0.05, 0) is 86.0 Å². The number of hydrogen-bond acceptors (Lipinski definition) is 2. The number of aromatic hydroxyl groups is 1. The third kappa shape index (κ3) is 2.19. The quantitative estimate of drug-likeness (QED) is 0.758. The van der Waals surface area contributed by atoms with Gasteiger partial charge in [-0.1, -0.05) is 13.0 Å². The first kappa shape index (κ1) is 13.6. The van der Waals surface area contributed by atoms with E-state index in [4.69, 9.17) is 4.74 Å². The van der Waals surface area contributed by atoms with Crippen LogP contribution in [0.15, 0.2) is 18.2 Å². The van der Waals surface area contributed by atoms with E-state index in [0.717, 1.165) is 13.0 Å². The van der Waals surface area contributed by atoms with E-state index < -0.39 is 0 Å². The first-order chi connectivity index (χ1) is 10.1. The first-order valence-electron chi connectivity index (χ1n) is 8.56. The Morgan fingerprint density at radius 3 is 2.86 bits per heavy atom. The lowest BCUT2D eigenvalue weighted by molar-refractivity contribution is -0.126. The summed E-state index contributed by atoms with van der Waals surface area (Å²) >= 11 is 0. The average Bonchev–Trinajstić information content (AvgIpc) is 2.49. The van der Waals surface area contributed by atoms with Crippen molar-refractivity contribution in [3.63, 3.8) is 0 Å². The SMILES string of the molecule is C[C@@]12CCc3cc(O)ccc3[C@H]1C[C@@]1(CCCCO1)CC2. The summed E-state index contributed by atoms with van der Waals surface area (Å²) in [6.07, 6.45) is 9.88. The molecule has 3 aliphatic rings. The molecule has 114 valence electrons. The van der Waals surface area contributed by atoms with Gasteiger partial charge in [-0.25, -0.2) is 0 Å². The van der Waals surface area contributed by atoms with Crippen LogP contribution in [0.4, 0.5) is 0 Å². The molecule has 1 heterocycles. The van der Waals surface area contributed by atoms with Crippen molar-refractivity contribution < 1.29 is 9.84 Å². The van der Waals surface area contributed by atoms with Crippen molar-refractivity contribution in [3.05, 3.63) is 29.3 Å². The van der Waals surface area contributed by atoms with Gasteiger partial charge in [0.2, 0.25) is 0 Å². The second-order valence-electron chi connectivity index (χ2n) is 7.78. The van der Waals surface area contributed by atoms with Gasteiger partial charge in [-0.2, -0.15) is 0 Å². The Bertz CT molecular complexity index is 544. The number of hydrogen-bond donors (Lipinski definition) is 1. The molecule has 1 aliphatic heterocycles. The summed E-state index contributed by atoms with van der Waals surface area (Å²) in [4.78, 5) is 0. The highest BCUT2D eigenvalue weighted by atomic mass is 16.5. The number of fused-ring (bicyclic) bond motifs is 3. The summed E-state index contributed by atoms with van der Waals surface area (Å²) in [7, 11) is 0. The normalized spacial score (nSPS) is 38.8. The molecule has 1 saturated carbocycles. The van der Waals surface area contributed by atoms with Crippen LogP contribution >= 0.6 is 0 Å². The van der Waals surface area contributed by atoms with Gasteiger partial charge < -0.3 is 9.84 Å². The van der Waals surface area contributed by atoms with E-state index in [1.165, 1.54) is 56.1 Å². The Balaban J connectivity index is 1.70. The predicted octanol–water partition coefficient (Wildman–Crippen LogP) is 4.55. The Kier molecular flexibility index (Phi) is 3.08. The monoisotopic (exact) mass is 286 g/mol. The molecule has 1 aromatic carbocycles. The molecule has 2 aliphatic carbocycles. The van der Waals surface area contributed by atoms with Gasteiger partial charge in [0.1, 0.15) is 5.75 Å². The molecule has 1 saturated heterocycles. The summed E-state index contributed by atoms with van der Waals surface area (Å²) in [5, 5.41) is 9.77. The zero-order chi connectivity index (χ0) is 14.5. The van der Waals surface area contributed by atoms with Gasteiger partial charge in [-0.15, -0.1) is 0 Å². The highest BCUT2D eigenvalue weighted by molar-refractivity contribution is 5.41. The Hall–Kier alpha value is -1.02. The molecule has 0 radical (unpaired) electrons. The molecule has 2 nitrogen and oxygen atoms in total. The summed E-state index contributed by atoms with van der Waals surface area (Å²) in [5.74, 6) is 1.02. The summed E-state index contributed by atoms with van der Waals surface area (Å²) in [6, 6.07) is 6.03. The molecule has 2 heteroatoms. The minimum Gasteiger partial charge on any atom is -0.508 e. The number of rotatable bonds is 0. The van der Waals surface area contributed by atoms with E-state index in [1.807, 2.05) is 12.1 Å². The molecule has 0 unspecified atom stereocenters. The van der Waals surface area contributed by atoms with Crippen molar-refractivity contribution in [2.24, 2.45) is 5.41 Å². The lowest BCUT2D eigenvalue weighted by Crippen LogP contribution is -2.47. The van der Waals surface area contributed by atoms with Crippen molar-refractivity contribution in [1.29, 1.82) is 0 Å². The van der Waals surface area contributed by atoms with Crippen molar-refractivity contribution >= 4 is 0 Å². The maximum absolute atomic E-state index is 9.77. The van der Waals surface area contributed by atoms with Crippen LogP contribution in [0.2, 0.25) is 0 Å². The fourth-order valence-electron chi connectivity index (χ4n) is 5.03. The minimum absolute atomic E-state index is 0.148. The molecule has 3 atom stereocenters. The van der Waals surface area contributed by atoms with Gasteiger partial charge >= 0.3 is 0 Å². The summed E-state index contributed by atoms with van der Waals surface area (Å²) in [5.41, 5.74) is 3.42. The zero-order valence-corrected chi connectivity index (χ0v) is 13.0. The van der Waals surface area contributed by atoms with Crippen molar-refractivity contribution in [1.82, 2.24) is 0 Å². The van der Waals surface area contributed by atoms with Crippen LogP contribution < -0.4 is 0 Å². The topological polar surface area (TPSA) is 29.5 Å². The number of ether oxygens (including phenoxy) is 1. The number of phenols is 1. The van der Waals surface area contributed by atoms with Gasteiger partial charge in [0, 0.05) is 6.61 Å². The molecule has 1 aromatic rings. The molecule has 1 N–H and O–H groups in total. The van der Waals surface area contributed by atoms with Gasteiger partial charge in [-0.3, -0.25) is 0 Å². The highest BCUT2D eigenvalue weighted by Crippen LogP contribution is 2.58. The van der Waals surface area contributed by atoms with Crippen molar-refractivity contribution in [2.75, 3.05) is 6.61 Å². The fourth-order valence-corrected chi connectivity index (χ4v) is 5.03. The van der Waals surface area contributed by atoms with E-state index in [9.17, 15) is 5.11 Å². The Labute approximate surface area is 127 Å². The Morgan fingerprint density at radius 1 is 1.14 bits per heavy atom. The minimum atomic E-state index is 0.148. The molecular formula is C19H26O2. The highest BCUT2D eigenvalue weighted by Gasteiger charge is 2.50. The summed E-state index contributed by atoms with van der Waals surface area (Å²) in [6.45, 7) is 3.43. The zero-order valence-electron chi connectivity index (χ0n) is 13.0. The predicted molar refractivity (Wildman–Crippen MR) is 83.7 cm³/mol. The van der Waals surface area contributed by atoms with Crippen LogP contribution in [0, 0.1) is 5.41 Å². The van der Waals surface area contributed by atoms with Crippen LogP contribution in [0.5, 0.6) is 5.75 Å². The van der Waals surface area contributed by atoms with Crippen LogP contribution in [-0.4, -0.2) is 17.3 Å². The standard InChI is InChI=1S/C19H26O2/c1-18-8-6-14-12-15(20)4-5-16(14)17(18)13-19(10-9-18)7-2-3-11-21-19/h4-5,12,17,20H,2-3,6-11,13H2,1H3/t17-,18+,19-/m1/s1. The van der Waals surface area contributed by atoms with E-state index in [-0.39, 0.29) is 5.60 Å². The molecule has 4 rings (SSSR count). The van der Waals surface area contributed by atoms with Crippen molar-refractivity contribution in [3.8, 4) is 5.75 Å². The van der Waals surface area contributed by atoms with E-state index >= 15 is 0 Å². The van der Waals surface area contributed by atoms with Gasteiger partial charge in [0.15, 0.2) is 0 Å². The molecule has 2 fully saturated rings. The third-order valence-electron chi connectivity index (χ3n) is 6.47. The molecule has 0 aromatic heterocycles. The van der Waals surface area contributed by atoms with Crippen LogP contribution in [-0.2, 0) is 11.2 Å². The number of aryl methyl sites for hydroxylation is 1. The second-order valence-corrected chi connectivity index (χ2v) is 7.78. The maximum Gasteiger partial charge on any atom is 0.115 e. The van der Waals surface area contributed by atoms with Crippen LogP contribution in [0.3, 0.4) is 0 Å². The maximum atomic E-state index is 9.77. The van der Waals surface area contributed by atoms with E-state index in [2.05, 4.69) is 13.0 Å². The van der Waals surface area contributed by atoms with Crippen molar-refractivity contribution in [2.45, 2.75) is 69.8 Å². The smallest absolute Gasteiger partial charge is 0.115 e. The lowest BCUT2D eigenvalue weighted by atomic mass is 9.55. The number of benzene rings is 1. The molecular weight excluding hydrogens is 260 g/mol. The fraction of sp³-hybridized carbons (Fsp3) is 0.684. The van der Waals surface area contributed by atoms with Gasteiger partial charge in [0.05, 0.1) is 5.60 Å². The average molecular weight is 286 g/mol. The van der Waals surface area contributed by atoms with Gasteiger partial charge in [0.25, 0.3) is 0 Å².